The number of nitrogens with zero attached hydrogens (tertiary/aromatic N) is 2. The summed E-state index contributed by atoms with van der Waals surface area (Å²) >= 11 is 2.03. The van der Waals surface area contributed by atoms with Gasteiger partial charge >= 0.3 is 0 Å². The number of benzene rings is 1. The molecule has 1 amide bonds. The molecule has 0 saturated heterocycles. The van der Waals surface area contributed by atoms with Crippen LogP contribution in [0.15, 0.2) is 45.9 Å². The van der Waals surface area contributed by atoms with Gasteiger partial charge in [-0.1, -0.05) is 12.1 Å². The molecule has 106 valence electrons. The number of ether oxygens (including phenoxy) is 1. The van der Waals surface area contributed by atoms with Crippen LogP contribution in [0.5, 0.6) is 5.75 Å². The highest BCUT2D eigenvalue weighted by atomic mass is 127. The number of hydrogen-bond acceptors (Lipinski definition) is 5. The summed E-state index contributed by atoms with van der Waals surface area (Å²) < 4.78 is 11.2. The Balaban J connectivity index is 1.82. The second-order valence-electron chi connectivity index (χ2n) is 3.83. The van der Waals surface area contributed by atoms with Crippen molar-refractivity contribution in [2.75, 3.05) is 6.61 Å². The molecule has 1 heterocycles. The molecule has 0 bridgehead atoms. The van der Waals surface area contributed by atoms with Crippen molar-refractivity contribution < 1.29 is 13.9 Å². The molecule has 0 atom stereocenters. The molecule has 6 nitrogen and oxygen atoms in total. The Bertz CT molecular complexity index is 703. The number of nitriles is 1. The van der Waals surface area contributed by atoms with Gasteiger partial charge in [-0.15, -0.1) is 0 Å². The standard InChI is InChI=1S/C14H10IN3O3/c15-13-6-5-11(21-13)8-17-18-14(19)9-20-12-4-2-1-3-10(12)7-16/h1-6,8H,9H2,(H,18,19). The highest BCUT2D eigenvalue weighted by molar-refractivity contribution is 14.1. The fourth-order valence-corrected chi connectivity index (χ4v) is 1.86. The van der Waals surface area contributed by atoms with Gasteiger partial charge in [-0.25, -0.2) is 5.43 Å². The summed E-state index contributed by atoms with van der Waals surface area (Å²) in [4.78, 5) is 11.5. The van der Waals surface area contributed by atoms with E-state index in [0.717, 1.165) is 3.77 Å². The first-order valence-corrected chi connectivity index (χ1v) is 6.96. The molecular weight excluding hydrogens is 385 g/mol. The molecule has 2 aromatic rings. The maximum Gasteiger partial charge on any atom is 0.277 e. The Hall–Kier alpha value is -2.34. The monoisotopic (exact) mass is 395 g/mol. The van der Waals surface area contributed by atoms with Crippen molar-refractivity contribution >= 4 is 34.7 Å². The number of rotatable bonds is 5. The molecular formula is C14H10IN3O3. The number of furan rings is 1. The van der Waals surface area contributed by atoms with E-state index in [9.17, 15) is 4.79 Å². The molecule has 0 saturated carbocycles. The van der Waals surface area contributed by atoms with Crippen LogP contribution in [0, 0.1) is 15.1 Å². The van der Waals surface area contributed by atoms with Crippen molar-refractivity contribution in [2.45, 2.75) is 0 Å². The Morgan fingerprint density at radius 2 is 2.24 bits per heavy atom. The summed E-state index contributed by atoms with van der Waals surface area (Å²) in [5.41, 5.74) is 2.68. The minimum atomic E-state index is -0.430. The lowest BCUT2D eigenvalue weighted by atomic mass is 10.2. The van der Waals surface area contributed by atoms with Crippen LogP contribution in [0.3, 0.4) is 0 Å². The fraction of sp³-hybridized carbons (Fsp3) is 0.0714. The van der Waals surface area contributed by atoms with Crippen LogP contribution in [0.1, 0.15) is 11.3 Å². The Labute approximate surface area is 134 Å². The van der Waals surface area contributed by atoms with Gasteiger partial charge in [-0.05, 0) is 46.9 Å². The average Bonchev–Trinajstić information content (AvgIpc) is 2.91. The zero-order valence-corrected chi connectivity index (χ0v) is 12.9. The Kier molecular flexibility index (Phi) is 5.34. The second kappa shape index (κ2) is 7.44. The molecule has 1 aromatic carbocycles. The number of amides is 1. The smallest absolute Gasteiger partial charge is 0.277 e. The predicted molar refractivity (Wildman–Crippen MR) is 83.8 cm³/mol. The van der Waals surface area contributed by atoms with Gasteiger partial charge in [0.2, 0.25) is 0 Å². The SMILES string of the molecule is N#Cc1ccccc1OCC(=O)NN=Cc1ccc(I)o1. The lowest BCUT2D eigenvalue weighted by Crippen LogP contribution is -2.24. The van der Waals surface area contributed by atoms with E-state index in [0.29, 0.717) is 17.1 Å². The van der Waals surface area contributed by atoms with Crippen LogP contribution in [-0.2, 0) is 4.79 Å². The highest BCUT2D eigenvalue weighted by Gasteiger charge is 2.05. The zero-order chi connectivity index (χ0) is 15.1. The van der Waals surface area contributed by atoms with Crippen molar-refractivity contribution in [1.29, 1.82) is 5.26 Å². The number of hydrazone groups is 1. The summed E-state index contributed by atoms with van der Waals surface area (Å²) in [6.07, 6.45) is 1.39. The number of para-hydroxylation sites is 1. The largest absolute Gasteiger partial charge is 0.482 e. The molecule has 0 spiro atoms. The summed E-state index contributed by atoms with van der Waals surface area (Å²) in [5, 5.41) is 12.6. The normalized spacial score (nSPS) is 10.3. The molecule has 0 radical (unpaired) electrons. The van der Waals surface area contributed by atoms with Crippen LogP contribution < -0.4 is 10.2 Å². The van der Waals surface area contributed by atoms with Gasteiger partial charge in [-0.2, -0.15) is 10.4 Å². The highest BCUT2D eigenvalue weighted by Crippen LogP contribution is 2.16. The van der Waals surface area contributed by atoms with E-state index in [1.54, 1.807) is 36.4 Å². The van der Waals surface area contributed by atoms with Gasteiger partial charge in [0.05, 0.1) is 11.8 Å². The summed E-state index contributed by atoms with van der Waals surface area (Å²) in [5.74, 6) is 0.468. The number of carbonyl (C=O) groups is 1. The minimum absolute atomic E-state index is 0.230. The third-order valence-corrected chi connectivity index (χ3v) is 2.92. The van der Waals surface area contributed by atoms with Crippen LogP contribution in [0.4, 0.5) is 0 Å². The van der Waals surface area contributed by atoms with E-state index in [4.69, 9.17) is 14.4 Å². The number of carbonyl (C=O) groups excluding carboxylic acids is 1. The maximum atomic E-state index is 11.5. The van der Waals surface area contributed by atoms with Gasteiger partial charge in [0, 0.05) is 0 Å². The fourth-order valence-electron chi connectivity index (χ4n) is 1.43. The van der Waals surface area contributed by atoms with Crippen molar-refractivity contribution in [3.8, 4) is 11.8 Å². The lowest BCUT2D eigenvalue weighted by molar-refractivity contribution is -0.123. The van der Waals surface area contributed by atoms with Crippen molar-refractivity contribution in [3.05, 3.63) is 51.5 Å². The van der Waals surface area contributed by atoms with E-state index in [1.807, 2.05) is 28.7 Å². The van der Waals surface area contributed by atoms with Gasteiger partial charge in [-0.3, -0.25) is 4.79 Å². The summed E-state index contributed by atoms with van der Waals surface area (Å²) in [7, 11) is 0. The summed E-state index contributed by atoms with van der Waals surface area (Å²) in [6.45, 7) is -0.230. The molecule has 0 unspecified atom stereocenters. The Morgan fingerprint density at radius 1 is 1.43 bits per heavy atom. The molecule has 1 N–H and O–H groups in total. The second-order valence-corrected chi connectivity index (χ2v) is 4.89. The number of nitrogens with one attached hydrogen (secondary N) is 1. The molecule has 21 heavy (non-hydrogen) atoms. The predicted octanol–water partition coefficient (Wildman–Crippen LogP) is 2.28. The van der Waals surface area contributed by atoms with Gasteiger partial charge in [0.25, 0.3) is 5.91 Å². The minimum Gasteiger partial charge on any atom is -0.482 e. The molecule has 0 aliphatic carbocycles. The maximum absolute atomic E-state index is 11.5. The molecule has 1 aromatic heterocycles. The first-order valence-electron chi connectivity index (χ1n) is 5.88. The third kappa shape index (κ3) is 4.61. The average molecular weight is 395 g/mol. The van der Waals surface area contributed by atoms with E-state index in [1.165, 1.54) is 6.21 Å². The van der Waals surface area contributed by atoms with E-state index in [-0.39, 0.29) is 6.61 Å². The van der Waals surface area contributed by atoms with Crippen molar-refractivity contribution in [1.82, 2.24) is 5.43 Å². The van der Waals surface area contributed by atoms with Crippen LogP contribution >= 0.6 is 22.6 Å². The summed E-state index contributed by atoms with van der Waals surface area (Å²) in [6, 6.07) is 12.2. The number of hydrogen-bond donors (Lipinski definition) is 1. The van der Waals surface area contributed by atoms with E-state index < -0.39 is 5.91 Å². The quantitative estimate of drug-likeness (QED) is 0.478. The van der Waals surface area contributed by atoms with Crippen molar-refractivity contribution in [2.24, 2.45) is 5.10 Å². The van der Waals surface area contributed by atoms with Gasteiger partial charge in [0.1, 0.15) is 17.6 Å². The van der Waals surface area contributed by atoms with Gasteiger partial charge < -0.3 is 9.15 Å². The van der Waals surface area contributed by atoms with Crippen LogP contribution in [0.25, 0.3) is 0 Å². The zero-order valence-electron chi connectivity index (χ0n) is 10.7. The third-order valence-electron chi connectivity index (χ3n) is 2.34. The topological polar surface area (TPSA) is 87.6 Å². The molecule has 7 heteroatoms. The Morgan fingerprint density at radius 3 is 2.95 bits per heavy atom. The van der Waals surface area contributed by atoms with Crippen LogP contribution in [0.2, 0.25) is 0 Å². The molecule has 2 rings (SSSR count). The first-order chi connectivity index (χ1) is 10.2. The molecule has 0 fully saturated rings. The molecule has 0 aliphatic rings. The lowest BCUT2D eigenvalue weighted by Gasteiger charge is -2.05. The van der Waals surface area contributed by atoms with E-state index in [2.05, 4.69) is 10.5 Å². The van der Waals surface area contributed by atoms with Gasteiger partial charge in [0.15, 0.2) is 10.4 Å². The van der Waals surface area contributed by atoms with Crippen molar-refractivity contribution in [3.63, 3.8) is 0 Å². The molecule has 0 aliphatic heterocycles. The van der Waals surface area contributed by atoms with E-state index >= 15 is 0 Å². The first kappa shape index (κ1) is 15.1. The number of halogens is 1. The van der Waals surface area contributed by atoms with Crippen LogP contribution in [-0.4, -0.2) is 18.7 Å².